The van der Waals surface area contributed by atoms with Crippen LogP contribution in [0.25, 0.3) is 11.0 Å². The fraction of sp³-hybridized carbons (Fsp3) is 0.429. The van der Waals surface area contributed by atoms with Crippen molar-refractivity contribution in [1.29, 1.82) is 0 Å². The van der Waals surface area contributed by atoms with Gasteiger partial charge in [-0.25, -0.2) is 9.37 Å². The molecule has 1 aliphatic rings. The van der Waals surface area contributed by atoms with E-state index in [-0.39, 0.29) is 28.7 Å². The number of halogens is 1. The number of piperazine rings is 1. The van der Waals surface area contributed by atoms with Crippen molar-refractivity contribution in [2.24, 2.45) is 5.41 Å². The zero-order chi connectivity index (χ0) is 26.7. The third-order valence-electron chi connectivity index (χ3n) is 6.53. The fourth-order valence-electron chi connectivity index (χ4n) is 4.50. The van der Waals surface area contributed by atoms with Gasteiger partial charge in [0.1, 0.15) is 11.5 Å². The number of carbonyl (C=O) groups is 1. The lowest BCUT2D eigenvalue weighted by molar-refractivity contribution is -0.127. The zero-order valence-electron chi connectivity index (χ0n) is 22.0. The van der Waals surface area contributed by atoms with Gasteiger partial charge >= 0.3 is 0 Å². The molecule has 4 rings (SSSR count). The Hall–Kier alpha value is -3.59. The lowest BCUT2D eigenvalue weighted by atomic mass is 9.97. The van der Waals surface area contributed by atoms with Crippen molar-refractivity contribution in [3.05, 3.63) is 76.5 Å². The predicted molar refractivity (Wildman–Crippen MR) is 144 cm³/mol. The lowest BCUT2D eigenvalue weighted by Gasteiger charge is -2.34. The second-order valence-corrected chi connectivity index (χ2v) is 10.8. The Labute approximate surface area is 216 Å². The molecule has 196 valence electrons. The maximum absolute atomic E-state index is 15.0. The average molecular weight is 507 g/mol. The van der Waals surface area contributed by atoms with Crippen molar-refractivity contribution in [1.82, 2.24) is 24.3 Å². The molecule has 0 aliphatic carbocycles. The van der Waals surface area contributed by atoms with E-state index in [2.05, 4.69) is 47.5 Å². The van der Waals surface area contributed by atoms with Gasteiger partial charge in [-0.05, 0) is 36.1 Å². The fourth-order valence-corrected chi connectivity index (χ4v) is 4.50. The highest BCUT2D eigenvalue weighted by molar-refractivity contribution is 5.87. The van der Waals surface area contributed by atoms with E-state index in [0.29, 0.717) is 56.4 Å². The number of hydrogen-bond donors (Lipinski definition) is 1. The van der Waals surface area contributed by atoms with E-state index in [1.807, 2.05) is 19.1 Å². The number of benzene rings is 1. The van der Waals surface area contributed by atoms with Gasteiger partial charge in [-0.3, -0.25) is 19.1 Å². The second-order valence-electron chi connectivity index (χ2n) is 10.8. The first-order valence-corrected chi connectivity index (χ1v) is 12.6. The van der Waals surface area contributed by atoms with E-state index < -0.39 is 0 Å². The summed E-state index contributed by atoms with van der Waals surface area (Å²) < 4.78 is 16.7. The molecular formula is C28H35FN6O2. The number of fused-ring (bicyclic) bond motifs is 1. The number of rotatable bonds is 7. The number of pyridine rings is 1. The highest BCUT2D eigenvalue weighted by atomic mass is 19.1. The van der Waals surface area contributed by atoms with Crippen molar-refractivity contribution in [2.45, 2.75) is 46.8 Å². The van der Waals surface area contributed by atoms with Crippen LogP contribution in [0.2, 0.25) is 0 Å². The molecular weight excluding hydrogens is 471 g/mol. The van der Waals surface area contributed by atoms with E-state index in [9.17, 15) is 9.59 Å². The first-order valence-electron chi connectivity index (χ1n) is 12.6. The first kappa shape index (κ1) is 26.5. The average Bonchev–Trinajstić information content (AvgIpc) is 2.86. The van der Waals surface area contributed by atoms with Gasteiger partial charge in [0, 0.05) is 62.5 Å². The number of aromatic nitrogens is 3. The van der Waals surface area contributed by atoms with Crippen molar-refractivity contribution in [3.8, 4) is 0 Å². The molecule has 3 heterocycles. The van der Waals surface area contributed by atoms with Crippen molar-refractivity contribution < 1.29 is 9.18 Å². The van der Waals surface area contributed by atoms with Crippen LogP contribution in [-0.2, 0) is 17.9 Å². The second kappa shape index (κ2) is 10.8. The largest absolute Gasteiger partial charge is 0.348 e. The minimum Gasteiger partial charge on any atom is -0.348 e. The number of nitrogens with one attached hydrogen (secondary N) is 1. The van der Waals surface area contributed by atoms with E-state index in [0.717, 1.165) is 10.9 Å². The van der Waals surface area contributed by atoms with Gasteiger partial charge in [-0.2, -0.15) is 4.98 Å². The van der Waals surface area contributed by atoms with E-state index in [1.165, 1.54) is 12.1 Å². The van der Waals surface area contributed by atoms with Gasteiger partial charge in [0.15, 0.2) is 0 Å². The summed E-state index contributed by atoms with van der Waals surface area (Å²) >= 11 is 0. The van der Waals surface area contributed by atoms with Gasteiger partial charge in [0.2, 0.25) is 11.9 Å². The molecule has 8 nitrogen and oxygen atoms in total. The van der Waals surface area contributed by atoms with Gasteiger partial charge in [-0.1, -0.05) is 39.5 Å². The minimum atomic E-state index is -0.269. The van der Waals surface area contributed by atoms with E-state index in [4.69, 9.17) is 0 Å². The van der Waals surface area contributed by atoms with Crippen LogP contribution in [0, 0.1) is 11.2 Å². The number of hydrogen-bond acceptors (Lipinski definition) is 6. The molecule has 1 N–H and O–H groups in total. The van der Waals surface area contributed by atoms with Crippen LogP contribution in [0.5, 0.6) is 0 Å². The molecule has 1 unspecified atom stereocenters. The summed E-state index contributed by atoms with van der Waals surface area (Å²) in [5, 5.41) is 4.03. The summed E-state index contributed by atoms with van der Waals surface area (Å²) in [5.74, 6) is 0.0448. The topological polar surface area (TPSA) is 83.4 Å². The van der Waals surface area contributed by atoms with Crippen LogP contribution >= 0.6 is 0 Å². The summed E-state index contributed by atoms with van der Waals surface area (Å²) in [5.41, 5.74) is 1.76. The molecule has 0 bridgehead atoms. The molecule has 2 aromatic heterocycles. The Morgan fingerprint density at radius 3 is 2.57 bits per heavy atom. The number of carbonyl (C=O) groups excluding carboxylic acids is 1. The number of nitrogens with zero attached hydrogens (tertiary/aromatic N) is 5. The highest BCUT2D eigenvalue weighted by Gasteiger charge is 2.21. The standard InChI is InChI=1S/C28H35FN6O2/c1-6-24(36)34-13-11-33(12-14-34)17-22-8-7-20(15-23(22)29)19(2)31-27-30-16-21-9-10-25(37)35(26(21)32-27)18-28(3,4)5/h6-10,15-16,19H,1,11-14,17-18H2,2-5H3,(H,30,31,32). The summed E-state index contributed by atoms with van der Waals surface area (Å²) in [6.45, 7) is 15.3. The molecule has 1 amide bonds. The van der Waals surface area contributed by atoms with E-state index >= 15 is 4.39 Å². The summed E-state index contributed by atoms with van der Waals surface area (Å²) in [6.07, 6.45) is 3.03. The Morgan fingerprint density at radius 2 is 1.92 bits per heavy atom. The Balaban J connectivity index is 1.46. The third-order valence-corrected chi connectivity index (χ3v) is 6.53. The summed E-state index contributed by atoms with van der Waals surface area (Å²) in [6, 6.07) is 8.28. The number of amides is 1. The van der Waals surface area contributed by atoms with Gasteiger partial charge < -0.3 is 10.2 Å². The van der Waals surface area contributed by atoms with Crippen molar-refractivity contribution in [2.75, 3.05) is 31.5 Å². The highest BCUT2D eigenvalue weighted by Crippen LogP contribution is 2.23. The minimum absolute atomic E-state index is 0.0652. The normalized spacial score (nSPS) is 15.5. The molecule has 1 fully saturated rings. The SMILES string of the molecule is C=CC(=O)N1CCN(Cc2ccc(C(C)Nc3ncc4ccc(=O)n(CC(C)(C)C)c4n3)cc2F)CC1. The molecule has 1 atom stereocenters. The molecule has 1 aromatic carbocycles. The summed E-state index contributed by atoms with van der Waals surface area (Å²) in [4.78, 5) is 37.3. The van der Waals surface area contributed by atoms with Crippen molar-refractivity contribution in [3.63, 3.8) is 0 Å². The van der Waals surface area contributed by atoms with Crippen LogP contribution in [0.15, 0.2) is 54.0 Å². The molecule has 3 aromatic rings. The van der Waals surface area contributed by atoms with Crippen LogP contribution in [-0.4, -0.2) is 56.4 Å². The van der Waals surface area contributed by atoms with Gasteiger partial charge in [0.05, 0.1) is 6.04 Å². The number of anilines is 1. The van der Waals surface area contributed by atoms with Crippen LogP contribution in [0.3, 0.4) is 0 Å². The molecule has 0 saturated carbocycles. The maximum Gasteiger partial charge on any atom is 0.252 e. The van der Waals surface area contributed by atoms with Gasteiger partial charge in [-0.15, -0.1) is 0 Å². The zero-order valence-corrected chi connectivity index (χ0v) is 22.0. The van der Waals surface area contributed by atoms with Crippen molar-refractivity contribution >= 4 is 22.9 Å². The molecule has 1 aliphatic heterocycles. The van der Waals surface area contributed by atoms with Gasteiger partial charge in [0.25, 0.3) is 5.56 Å². The smallest absolute Gasteiger partial charge is 0.252 e. The molecule has 37 heavy (non-hydrogen) atoms. The Kier molecular flexibility index (Phi) is 7.73. The summed E-state index contributed by atoms with van der Waals surface area (Å²) in [7, 11) is 0. The van der Waals surface area contributed by atoms with E-state index in [1.54, 1.807) is 27.8 Å². The van der Waals surface area contributed by atoms with Crippen LogP contribution in [0.1, 0.15) is 44.9 Å². The quantitative estimate of drug-likeness (QED) is 0.488. The lowest BCUT2D eigenvalue weighted by Crippen LogP contribution is -2.47. The monoisotopic (exact) mass is 506 g/mol. The Morgan fingerprint density at radius 1 is 1.19 bits per heavy atom. The molecule has 0 spiro atoms. The predicted octanol–water partition coefficient (Wildman–Crippen LogP) is 3.98. The third kappa shape index (κ3) is 6.40. The van der Waals surface area contributed by atoms with Crippen LogP contribution in [0.4, 0.5) is 10.3 Å². The van der Waals surface area contributed by atoms with Crippen LogP contribution < -0.4 is 10.9 Å². The molecule has 0 radical (unpaired) electrons. The Bertz CT molecular complexity index is 1360. The molecule has 1 saturated heterocycles. The first-order chi connectivity index (χ1) is 17.5. The maximum atomic E-state index is 15.0. The molecule has 9 heteroatoms.